The van der Waals surface area contributed by atoms with Crippen molar-refractivity contribution in [2.24, 2.45) is 0 Å². The van der Waals surface area contributed by atoms with Crippen molar-refractivity contribution in [1.29, 1.82) is 5.41 Å². The second kappa shape index (κ2) is 4.91. The van der Waals surface area contributed by atoms with Gasteiger partial charge in [-0.25, -0.2) is 9.79 Å². The summed E-state index contributed by atoms with van der Waals surface area (Å²) in [5.41, 5.74) is -0.243. The zero-order chi connectivity index (χ0) is 10.6. The van der Waals surface area contributed by atoms with Gasteiger partial charge in [0.05, 0.1) is 0 Å². The van der Waals surface area contributed by atoms with Gasteiger partial charge < -0.3 is 5.11 Å². The Kier molecular flexibility index (Phi) is 4.85. The summed E-state index contributed by atoms with van der Waals surface area (Å²) in [6.45, 7) is 1.27. The number of carbonyl (C=O) groups is 1. The van der Waals surface area contributed by atoms with Crippen LogP contribution in [-0.4, -0.2) is 44.0 Å². The van der Waals surface area contributed by atoms with Crippen LogP contribution in [0.4, 0.5) is 0 Å². The van der Waals surface area contributed by atoms with E-state index in [9.17, 15) is 14.6 Å². The molecule has 0 rings (SSSR count). The molecule has 7 heteroatoms. The van der Waals surface area contributed by atoms with Crippen LogP contribution in [0.5, 0.6) is 0 Å². The molecular formula is C6H13NO4PS+. The number of aliphatic carboxylic acids is 1. The van der Waals surface area contributed by atoms with Crippen LogP contribution in [0.3, 0.4) is 0 Å². The molecule has 0 aromatic rings. The smallest absolute Gasteiger partial charge is 0.320 e. The van der Waals surface area contributed by atoms with Crippen molar-refractivity contribution in [3.05, 3.63) is 0 Å². The van der Waals surface area contributed by atoms with E-state index in [1.54, 1.807) is 6.26 Å². The molecule has 13 heavy (non-hydrogen) atoms. The fraction of sp³-hybridized carbons (Fsp3) is 0.667. The molecule has 0 aromatic heterocycles. The zero-order valence-corrected chi connectivity index (χ0v) is 9.10. The monoisotopic (exact) mass is 226 g/mol. The molecule has 0 aromatic carbocycles. The standard InChI is InChI=1S/C6H12NO4PS/c1-4(7)12(10,11)3-5(13-2)6(8)9/h5,7,10-11H,3H2,1-2H3/p+1. The number of carboxylic acid groups (broad SMARTS) is 1. The highest BCUT2D eigenvalue weighted by molar-refractivity contribution is 8.00. The van der Waals surface area contributed by atoms with E-state index in [4.69, 9.17) is 10.5 Å². The van der Waals surface area contributed by atoms with Gasteiger partial charge in [0, 0.05) is 6.92 Å². The Balaban J connectivity index is 4.39. The Hall–Kier alpha value is -0.160. The van der Waals surface area contributed by atoms with Crippen molar-refractivity contribution in [3.63, 3.8) is 0 Å². The highest BCUT2D eigenvalue weighted by Gasteiger charge is 2.42. The van der Waals surface area contributed by atoms with Gasteiger partial charge in [0.1, 0.15) is 11.4 Å². The van der Waals surface area contributed by atoms with Crippen molar-refractivity contribution < 1.29 is 19.7 Å². The number of thioether (sulfide) groups is 1. The van der Waals surface area contributed by atoms with Gasteiger partial charge in [0.15, 0.2) is 0 Å². The van der Waals surface area contributed by atoms with Gasteiger partial charge in [-0.3, -0.25) is 10.2 Å². The van der Waals surface area contributed by atoms with E-state index < -0.39 is 18.9 Å². The van der Waals surface area contributed by atoms with Crippen LogP contribution < -0.4 is 0 Å². The molecule has 0 aliphatic carbocycles. The molecule has 0 aliphatic heterocycles. The second-order valence-electron chi connectivity index (χ2n) is 2.56. The van der Waals surface area contributed by atoms with Crippen LogP contribution in [0, 0.1) is 5.41 Å². The first-order valence-corrected chi connectivity index (χ1v) is 6.63. The molecule has 0 saturated heterocycles. The largest absolute Gasteiger partial charge is 0.480 e. The van der Waals surface area contributed by atoms with Gasteiger partial charge in [-0.15, -0.1) is 11.8 Å². The molecule has 0 fully saturated rings. The van der Waals surface area contributed by atoms with Gasteiger partial charge in [-0.2, -0.15) is 0 Å². The lowest BCUT2D eigenvalue weighted by molar-refractivity contribution is -0.136. The molecule has 76 valence electrons. The van der Waals surface area contributed by atoms with E-state index in [0.29, 0.717) is 0 Å². The van der Waals surface area contributed by atoms with Crippen molar-refractivity contribution in [2.75, 3.05) is 12.4 Å². The molecule has 4 N–H and O–H groups in total. The van der Waals surface area contributed by atoms with Crippen molar-refractivity contribution >= 4 is 30.9 Å². The summed E-state index contributed by atoms with van der Waals surface area (Å²) in [7, 11) is -3.46. The van der Waals surface area contributed by atoms with E-state index in [1.165, 1.54) is 6.92 Å². The van der Waals surface area contributed by atoms with E-state index in [2.05, 4.69) is 0 Å². The van der Waals surface area contributed by atoms with Gasteiger partial charge in [-0.05, 0) is 6.26 Å². The molecule has 0 aliphatic rings. The third kappa shape index (κ3) is 4.04. The minimum Gasteiger partial charge on any atom is -0.480 e. The number of hydrogen-bond acceptors (Lipinski definition) is 5. The molecular weight excluding hydrogens is 213 g/mol. The van der Waals surface area contributed by atoms with Gasteiger partial charge >= 0.3 is 13.7 Å². The van der Waals surface area contributed by atoms with Crippen LogP contribution >= 0.6 is 19.5 Å². The first-order valence-electron chi connectivity index (χ1n) is 3.46. The second-order valence-corrected chi connectivity index (χ2v) is 6.10. The topological polar surface area (TPSA) is 102 Å². The third-order valence-corrected chi connectivity index (χ3v) is 4.65. The van der Waals surface area contributed by atoms with Crippen LogP contribution in [0.1, 0.15) is 6.92 Å². The summed E-state index contributed by atoms with van der Waals surface area (Å²) in [6.07, 6.45) is 1.32. The van der Waals surface area contributed by atoms with Crippen molar-refractivity contribution in [1.82, 2.24) is 0 Å². The Morgan fingerprint density at radius 1 is 1.62 bits per heavy atom. The molecule has 0 spiro atoms. The number of hydrogen-bond donors (Lipinski definition) is 4. The normalized spacial score (nSPS) is 13.8. The number of carboxylic acids is 1. The summed E-state index contributed by atoms with van der Waals surface area (Å²) < 4.78 is 0. The van der Waals surface area contributed by atoms with Crippen LogP contribution in [-0.2, 0) is 4.79 Å². The van der Waals surface area contributed by atoms with Crippen LogP contribution in [0.2, 0.25) is 0 Å². The molecule has 0 amide bonds. The molecule has 1 atom stereocenters. The van der Waals surface area contributed by atoms with Crippen molar-refractivity contribution in [3.8, 4) is 0 Å². The summed E-state index contributed by atoms with van der Waals surface area (Å²) in [5, 5.41) is 14.8. The van der Waals surface area contributed by atoms with E-state index in [1.807, 2.05) is 0 Å². The maximum Gasteiger partial charge on any atom is 0.320 e. The lowest BCUT2D eigenvalue weighted by Crippen LogP contribution is -2.24. The number of nitrogens with one attached hydrogen (secondary N) is 1. The zero-order valence-electron chi connectivity index (χ0n) is 7.39. The van der Waals surface area contributed by atoms with Crippen molar-refractivity contribution in [2.45, 2.75) is 12.2 Å². The molecule has 1 unspecified atom stereocenters. The predicted octanol–water partition coefficient (Wildman–Crippen LogP) is 0.632. The third-order valence-electron chi connectivity index (χ3n) is 1.52. The molecule has 0 radical (unpaired) electrons. The Morgan fingerprint density at radius 3 is 2.31 bits per heavy atom. The van der Waals surface area contributed by atoms with E-state index in [-0.39, 0.29) is 11.6 Å². The lowest BCUT2D eigenvalue weighted by atomic mass is 10.5. The molecule has 0 bridgehead atoms. The molecule has 0 saturated carbocycles. The lowest BCUT2D eigenvalue weighted by Gasteiger charge is -2.13. The minimum atomic E-state index is -3.46. The highest BCUT2D eigenvalue weighted by atomic mass is 32.2. The van der Waals surface area contributed by atoms with Gasteiger partial charge in [0.25, 0.3) is 0 Å². The Bertz CT molecular complexity index is 221. The maximum absolute atomic E-state index is 10.5. The first kappa shape index (κ1) is 12.8. The van der Waals surface area contributed by atoms with Crippen LogP contribution in [0.25, 0.3) is 0 Å². The fourth-order valence-corrected chi connectivity index (χ4v) is 2.94. The summed E-state index contributed by atoms with van der Waals surface area (Å²) >= 11 is 1.03. The van der Waals surface area contributed by atoms with Crippen LogP contribution in [0.15, 0.2) is 0 Å². The molecule has 5 nitrogen and oxygen atoms in total. The quantitative estimate of drug-likeness (QED) is 0.407. The summed E-state index contributed by atoms with van der Waals surface area (Å²) in [4.78, 5) is 29.2. The number of rotatable bonds is 5. The SMILES string of the molecule is CSC(C[P+](O)(O)C(C)=N)C(=O)O. The van der Waals surface area contributed by atoms with Gasteiger partial charge in [0.2, 0.25) is 5.45 Å². The average Bonchev–Trinajstić information content (AvgIpc) is 1.99. The summed E-state index contributed by atoms with van der Waals surface area (Å²) in [5.74, 6) is -1.08. The molecule has 0 heterocycles. The van der Waals surface area contributed by atoms with E-state index >= 15 is 0 Å². The Morgan fingerprint density at radius 2 is 2.08 bits per heavy atom. The van der Waals surface area contributed by atoms with Gasteiger partial charge in [-0.1, -0.05) is 0 Å². The fourth-order valence-electron chi connectivity index (χ4n) is 0.622. The van der Waals surface area contributed by atoms with E-state index in [0.717, 1.165) is 11.8 Å². The average molecular weight is 226 g/mol. The highest BCUT2D eigenvalue weighted by Crippen LogP contribution is 2.52. The maximum atomic E-state index is 10.5. The Labute approximate surface area is 81.2 Å². The predicted molar refractivity (Wildman–Crippen MR) is 54.6 cm³/mol. The minimum absolute atomic E-state index is 0.243. The summed E-state index contributed by atoms with van der Waals surface area (Å²) in [6, 6.07) is 0. The first-order chi connectivity index (χ1) is 5.81.